The van der Waals surface area contributed by atoms with Crippen molar-refractivity contribution in [3.8, 4) is 11.5 Å². The second kappa shape index (κ2) is 7.71. The third-order valence-electron chi connectivity index (χ3n) is 4.91. The molecule has 2 heterocycles. The van der Waals surface area contributed by atoms with E-state index in [0.29, 0.717) is 36.5 Å². The van der Waals surface area contributed by atoms with Crippen LogP contribution in [0.25, 0.3) is 11.5 Å². The molecule has 0 saturated heterocycles. The molecule has 1 aromatic carbocycles. The molecule has 8 nitrogen and oxygen atoms in total. The molecule has 27 heavy (non-hydrogen) atoms. The minimum Gasteiger partial charge on any atom is -0.468 e. The van der Waals surface area contributed by atoms with Crippen LogP contribution in [0.3, 0.4) is 0 Å². The lowest BCUT2D eigenvalue weighted by atomic mass is 10.2. The summed E-state index contributed by atoms with van der Waals surface area (Å²) in [7, 11) is 0. The van der Waals surface area contributed by atoms with E-state index in [-0.39, 0.29) is 5.69 Å². The molecule has 0 spiro atoms. The molecule has 2 aromatic heterocycles. The molecule has 0 bridgehead atoms. The molecular formula is C19H20N4O4. The molecule has 3 aromatic rings. The van der Waals surface area contributed by atoms with Crippen molar-refractivity contribution in [2.75, 3.05) is 0 Å². The topological polar surface area (TPSA) is 98.4 Å². The summed E-state index contributed by atoms with van der Waals surface area (Å²) in [5.41, 5.74) is 0.696. The Labute approximate surface area is 156 Å². The van der Waals surface area contributed by atoms with E-state index in [1.54, 1.807) is 18.4 Å². The van der Waals surface area contributed by atoms with Crippen molar-refractivity contribution in [2.45, 2.75) is 44.8 Å². The fourth-order valence-electron chi connectivity index (χ4n) is 3.52. The van der Waals surface area contributed by atoms with Crippen LogP contribution in [0.5, 0.6) is 0 Å². The van der Waals surface area contributed by atoms with Crippen LogP contribution in [0.4, 0.5) is 5.69 Å². The summed E-state index contributed by atoms with van der Waals surface area (Å²) < 4.78 is 11.3. The number of nitro groups is 1. The molecule has 0 atom stereocenters. The number of benzene rings is 1. The minimum atomic E-state index is -0.433. The van der Waals surface area contributed by atoms with Crippen molar-refractivity contribution in [1.82, 2.24) is 15.1 Å². The first-order valence-electron chi connectivity index (χ1n) is 9.03. The van der Waals surface area contributed by atoms with Crippen LogP contribution < -0.4 is 0 Å². The highest BCUT2D eigenvalue weighted by Crippen LogP contribution is 2.27. The van der Waals surface area contributed by atoms with Crippen LogP contribution in [-0.4, -0.2) is 26.1 Å². The largest absolute Gasteiger partial charge is 0.468 e. The molecule has 1 saturated carbocycles. The summed E-state index contributed by atoms with van der Waals surface area (Å²) in [6.45, 7) is 1.25. The van der Waals surface area contributed by atoms with Crippen LogP contribution >= 0.6 is 0 Å². The number of hydrogen-bond donors (Lipinski definition) is 0. The van der Waals surface area contributed by atoms with Crippen molar-refractivity contribution in [3.63, 3.8) is 0 Å². The highest BCUT2D eigenvalue weighted by atomic mass is 16.6. The number of non-ortho nitro benzene ring substituents is 1. The van der Waals surface area contributed by atoms with Gasteiger partial charge in [-0.25, -0.2) is 0 Å². The Bertz CT molecular complexity index is 883. The lowest BCUT2D eigenvalue weighted by molar-refractivity contribution is -0.384. The molecule has 0 radical (unpaired) electrons. The van der Waals surface area contributed by atoms with Gasteiger partial charge in [-0.3, -0.25) is 15.0 Å². The number of aromatic nitrogens is 2. The smallest absolute Gasteiger partial charge is 0.269 e. The fourth-order valence-corrected chi connectivity index (χ4v) is 3.52. The molecule has 0 amide bonds. The molecule has 1 aliphatic carbocycles. The number of hydrogen-bond acceptors (Lipinski definition) is 7. The Morgan fingerprint density at radius 2 is 1.89 bits per heavy atom. The maximum absolute atomic E-state index is 10.8. The van der Waals surface area contributed by atoms with E-state index in [1.807, 2.05) is 12.1 Å². The van der Waals surface area contributed by atoms with Gasteiger partial charge in [0, 0.05) is 23.7 Å². The molecule has 1 aliphatic rings. The van der Waals surface area contributed by atoms with Crippen molar-refractivity contribution in [3.05, 3.63) is 64.4 Å². The van der Waals surface area contributed by atoms with Gasteiger partial charge in [-0.05, 0) is 37.1 Å². The maximum atomic E-state index is 10.8. The molecule has 0 N–H and O–H groups in total. The summed E-state index contributed by atoms with van der Waals surface area (Å²) in [5.74, 6) is 1.81. The Kier molecular flexibility index (Phi) is 4.97. The van der Waals surface area contributed by atoms with Crippen LogP contribution in [0.1, 0.15) is 37.3 Å². The van der Waals surface area contributed by atoms with E-state index in [2.05, 4.69) is 15.1 Å². The SMILES string of the molecule is O=[N+]([O-])c1ccc(-c2nnc(CN(Cc3ccco3)C3CCCC3)o2)cc1. The van der Waals surface area contributed by atoms with Gasteiger partial charge in [-0.15, -0.1) is 10.2 Å². The van der Waals surface area contributed by atoms with Gasteiger partial charge in [0.05, 0.1) is 24.3 Å². The van der Waals surface area contributed by atoms with Gasteiger partial charge in [0.15, 0.2) is 0 Å². The first-order valence-corrected chi connectivity index (χ1v) is 9.03. The van der Waals surface area contributed by atoms with Crippen molar-refractivity contribution < 1.29 is 13.8 Å². The van der Waals surface area contributed by atoms with E-state index in [0.717, 1.165) is 18.6 Å². The highest BCUT2D eigenvalue weighted by molar-refractivity contribution is 5.55. The Balaban J connectivity index is 1.49. The predicted octanol–water partition coefficient (Wildman–Crippen LogP) is 4.18. The third-order valence-corrected chi connectivity index (χ3v) is 4.91. The molecule has 4 rings (SSSR count). The summed E-state index contributed by atoms with van der Waals surface area (Å²) in [6, 6.07) is 10.4. The normalized spacial score (nSPS) is 14.9. The van der Waals surface area contributed by atoms with Gasteiger partial charge in [-0.1, -0.05) is 12.8 Å². The van der Waals surface area contributed by atoms with Crippen molar-refractivity contribution >= 4 is 5.69 Å². The number of rotatable bonds is 7. The monoisotopic (exact) mass is 368 g/mol. The summed E-state index contributed by atoms with van der Waals surface area (Å²) >= 11 is 0. The molecule has 8 heteroatoms. The zero-order valence-electron chi connectivity index (χ0n) is 14.8. The minimum absolute atomic E-state index is 0.0318. The van der Waals surface area contributed by atoms with E-state index >= 15 is 0 Å². The molecule has 140 valence electrons. The molecular weight excluding hydrogens is 348 g/mol. The van der Waals surface area contributed by atoms with Crippen LogP contribution in [0, 0.1) is 10.1 Å². The Hall–Kier alpha value is -3.00. The van der Waals surface area contributed by atoms with Gasteiger partial charge in [0.1, 0.15) is 5.76 Å². The van der Waals surface area contributed by atoms with E-state index in [1.165, 1.54) is 25.0 Å². The average Bonchev–Trinajstić information content (AvgIpc) is 3.44. The van der Waals surface area contributed by atoms with Gasteiger partial charge in [0.25, 0.3) is 5.69 Å². The van der Waals surface area contributed by atoms with Crippen LogP contribution in [0.2, 0.25) is 0 Å². The van der Waals surface area contributed by atoms with Gasteiger partial charge < -0.3 is 8.83 Å². The molecule has 0 unspecified atom stereocenters. The second-order valence-corrected chi connectivity index (χ2v) is 6.73. The zero-order chi connectivity index (χ0) is 18.6. The van der Waals surface area contributed by atoms with E-state index in [4.69, 9.17) is 8.83 Å². The maximum Gasteiger partial charge on any atom is 0.269 e. The Morgan fingerprint density at radius 1 is 1.11 bits per heavy atom. The van der Waals surface area contributed by atoms with Crippen LogP contribution in [-0.2, 0) is 13.1 Å². The van der Waals surface area contributed by atoms with Gasteiger partial charge >= 0.3 is 0 Å². The predicted molar refractivity (Wildman–Crippen MR) is 96.6 cm³/mol. The van der Waals surface area contributed by atoms with E-state index in [9.17, 15) is 10.1 Å². The molecule has 1 fully saturated rings. The summed E-state index contributed by atoms with van der Waals surface area (Å²) in [5, 5.41) is 19.0. The van der Waals surface area contributed by atoms with Crippen molar-refractivity contribution in [2.24, 2.45) is 0 Å². The fraction of sp³-hybridized carbons (Fsp3) is 0.368. The number of furan rings is 1. The van der Waals surface area contributed by atoms with Crippen LogP contribution in [0.15, 0.2) is 51.5 Å². The summed E-state index contributed by atoms with van der Waals surface area (Å²) in [4.78, 5) is 12.7. The quantitative estimate of drug-likeness (QED) is 0.455. The Morgan fingerprint density at radius 3 is 2.56 bits per heavy atom. The number of nitrogens with zero attached hydrogens (tertiary/aromatic N) is 4. The standard InChI is InChI=1S/C19H20N4O4/c24-23(25)16-9-7-14(8-10-16)19-21-20-18(27-19)13-22(15-4-1-2-5-15)12-17-6-3-11-26-17/h3,6-11,15H,1-2,4-5,12-13H2. The lowest BCUT2D eigenvalue weighted by Gasteiger charge is -2.26. The van der Waals surface area contributed by atoms with E-state index < -0.39 is 4.92 Å². The first-order chi connectivity index (χ1) is 13.2. The zero-order valence-corrected chi connectivity index (χ0v) is 14.8. The number of nitro benzene ring substituents is 1. The third kappa shape index (κ3) is 4.06. The van der Waals surface area contributed by atoms with Gasteiger partial charge in [0.2, 0.25) is 11.8 Å². The van der Waals surface area contributed by atoms with Gasteiger partial charge in [-0.2, -0.15) is 0 Å². The first kappa shape index (κ1) is 17.4. The second-order valence-electron chi connectivity index (χ2n) is 6.73. The lowest BCUT2D eigenvalue weighted by Crippen LogP contribution is -2.32. The summed E-state index contributed by atoms with van der Waals surface area (Å²) in [6.07, 6.45) is 6.46. The average molecular weight is 368 g/mol. The molecule has 0 aliphatic heterocycles. The van der Waals surface area contributed by atoms with Crippen molar-refractivity contribution in [1.29, 1.82) is 0 Å². The highest BCUT2D eigenvalue weighted by Gasteiger charge is 2.25.